The van der Waals surface area contributed by atoms with Crippen molar-refractivity contribution in [2.45, 2.75) is 0 Å². The van der Waals surface area contributed by atoms with Gasteiger partial charge in [-0.3, -0.25) is 0 Å². The summed E-state index contributed by atoms with van der Waals surface area (Å²) in [6.07, 6.45) is 1.46. The van der Waals surface area contributed by atoms with Crippen molar-refractivity contribution in [3.05, 3.63) is 21.3 Å². The fraction of sp³-hybridized carbons (Fsp3) is 0. The average Bonchev–Trinajstić information content (AvgIpc) is 2.31. The first-order valence-corrected chi connectivity index (χ1v) is 4.81. The molecule has 0 aliphatic heterocycles. The summed E-state index contributed by atoms with van der Waals surface area (Å²) in [4.78, 5) is 7.91. The summed E-state index contributed by atoms with van der Waals surface area (Å²) >= 11 is 10.7. The molecule has 0 aliphatic rings. The molecule has 64 valence electrons. The highest BCUT2D eigenvalue weighted by molar-refractivity contribution is 9.11. The zero-order valence-corrected chi connectivity index (χ0v) is 9.60. The molecular weight excluding hydrogens is 283 g/mol. The lowest BCUT2D eigenvalue weighted by molar-refractivity contribution is 1.23. The standard InChI is InChI=1S/C6H2BrClN2S.ClH/c7-4-1-3-5(11-4)6(8)10-2-9-3;/h1-2H;1H. The van der Waals surface area contributed by atoms with E-state index in [1.165, 1.54) is 17.7 Å². The van der Waals surface area contributed by atoms with E-state index in [9.17, 15) is 0 Å². The lowest BCUT2D eigenvalue weighted by Crippen LogP contribution is -1.76. The van der Waals surface area contributed by atoms with Crippen molar-refractivity contribution in [1.82, 2.24) is 9.97 Å². The van der Waals surface area contributed by atoms with Gasteiger partial charge in [0, 0.05) is 0 Å². The second-order valence-corrected chi connectivity index (χ2v) is 4.72. The Bertz CT molecular complexity index is 403. The zero-order chi connectivity index (χ0) is 7.84. The quantitative estimate of drug-likeness (QED) is 0.692. The molecular formula is C6H3BrCl2N2S. The van der Waals surface area contributed by atoms with Crippen molar-refractivity contribution in [1.29, 1.82) is 0 Å². The number of nitrogens with zero attached hydrogens (tertiary/aromatic N) is 2. The van der Waals surface area contributed by atoms with Gasteiger partial charge in [0.25, 0.3) is 0 Å². The molecule has 2 aromatic heterocycles. The fourth-order valence-electron chi connectivity index (χ4n) is 0.796. The monoisotopic (exact) mass is 284 g/mol. The molecule has 0 amide bonds. The minimum atomic E-state index is 0. The molecule has 0 spiro atoms. The number of hydrogen-bond acceptors (Lipinski definition) is 3. The Kier molecular flexibility index (Phi) is 3.29. The van der Waals surface area contributed by atoms with Gasteiger partial charge in [-0.1, -0.05) is 11.6 Å². The lowest BCUT2D eigenvalue weighted by Gasteiger charge is -1.87. The van der Waals surface area contributed by atoms with Crippen LogP contribution in [0.3, 0.4) is 0 Å². The van der Waals surface area contributed by atoms with Gasteiger partial charge in [0.2, 0.25) is 0 Å². The number of hydrogen-bond donors (Lipinski definition) is 0. The van der Waals surface area contributed by atoms with Crippen LogP contribution in [0.2, 0.25) is 5.15 Å². The van der Waals surface area contributed by atoms with Gasteiger partial charge in [0.15, 0.2) is 0 Å². The van der Waals surface area contributed by atoms with Crippen molar-refractivity contribution < 1.29 is 0 Å². The Morgan fingerprint density at radius 1 is 1.42 bits per heavy atom. The van der Waals surface area contributed by atoms with E-state index in [1.54, 1.807) is 0 Å². The summed E-state index contributed by atoms with van der Waals surface area (Å²) in [5.41, 5.74) is 0.891. The van der Waals surface area contributed by atoms with Crippen LogP contribution in [0.5, 0.6) is 0 Å². The van der Waals surface area contributed by atoms with Crippen LogP contribution in [-0.4, -0.2) is 9.97 Å². The lowest BCUT2D eigenvalue weighted by atomic mass is 10.5. The maximum absolute atomic E-state index is 5.81. The third-order valence-corrected chi connectivity index (χ3v) is 3.27. The van der Waals surface area contributed by atoms with Crippen molar-refractivity contribution in [3.63, 3.8) is 0 Å². The van der Waals surface area contributed by atoms with Crippen LogP contribution in [0.4, 0.5) is 0 Å². The molecule has 0 aliphatic carbocycles. The number of rotatable bonds is 0. The maximum Gasteiger partial charge on any atom is 0.150 e. The van der Waals surface area contributed by atoms with E-state index in [2.05, 4.69) is 25.9 Å². The number of thiophene rings is 1. The van der Waals surface area contributed by atoms with Crippen LogP contribution in [0.15, 0.2) is 16.2 Å². The smallest absolute Gasteiger partial charge is 0.150 e. The van der Waals surface area contributed by atoms with Crippen LogP contribution in [0, 0.1) is 0 Å². The summed E-state index contributed by atoms with van der Waals surface area (Å²) in [6.45, 7) is 0. The van der Waals surface area contributed by atoms with Crippen LogP contribution < -0.4 is 0 Å². The zero-order valence-electron chi connectivity index (χ0n) is 5.62. The summed E-state index contributed by atoms with van der Waals surface area (Å²) in [7, 11) is 0. The first-order chi connectivity index (χ1) is 5.27. The second kappa shape index (κ2) is 3.87. The Morgan fingerprint density at radius 3 is 2.83 bits per heavy atom. The third-order valence-electron chi connectivity index (χ3n) is 1.24. The van der Waals surface area contributed by atoms with Crippen molar-refractivity contribution in [2.75, 3.05) is 0 Å². The van der Waals surface area contributed by atoms with Gasteiger partial charge in [0.1, 0.15) is 11.5 Å². The van der Waals surface area contributed by atoms with Gasteiger partial charge in [0.05, 0.1) is 14.0 Å². The SMILES string of the molecule is Cl.Clc1ncnc2cc(Br)sc12. The fourth-order valence-corrected chi connectivity index (χ4v) is 2.47. The van der Waals surface area contributed by atoms with E-state index < -0.39 is 0 Å². The summed E-state index contributed by atoms with van der Waals surface area (Å²) < 4.78 is 1.95. The first-order valence-electron chi connectivity index (χ1n) is 2.83. The highest BCUT2D eigenvalue weighted by Gasteiger charge is 2.04. The Balaban J connectivity index is 0.000000720. The largest absolute Gasteiger partial charge is 0.235 e. The highest BCUT2D eigenvalue weighted by atomic mass is 79.9. The van der Waals surface area contributed by atoms with Crippen molar-refractivity contribution in [2.24, 2.45) is 0 Å². The van der Waals surface area contributed by atoms with Crippen LogP contribution in [0.1, 0.15) is 0 Å². The second-order valence-electron chi connectivity index (χ2n) is 1.93. The minimum absolute atomic E-state index is 0. The molecule has 2 heterocycles. The molecule has 0 bridgehead atoms. The Hall–Kier alpha value is 0.1000. The number of aromatic nitrogens is 2. The topological polar surface area (TPSA) is 25.8 Å². The van der Waals surface area contributed by atoms with Gasteiger partial charge < -0.3 is 0 Å². The normalized spacial score (nSPS) is 9.83. The molecule has 2 aromatic rings. The van der Waals surface area contributed by atoms with E-state index in [-0.39, 0.29) is 12.4 Å². The average molecular weight is 286 g/mol. The van der Waals surface area contributed by atoms with E-state index in [1.807, 2.05) is 6.07 Å². The molecule has 0 radical (unpaired) electrons. The van der Waals surface area contributed by atoms with E-state index in [0.29, 0.717) is 5.15 Å². The van der Waals surface area contributed by atoms with E-state index >= 15 is 0 Å². The van der Waals surface area contributed by atoms with E-state index in [4.69, 9.17) is 11.6 Å². The van der Waals surface area contributed by atoms with Gasteiger partial charge in [-0.2, -0.15) is 0 Å². The molecule has 0 atom stereocenters. The Morgan fingerprint density at radius 2 is 2.17 bits per heavy atom. The molecule has 12 heavy (non-hydrogen) atoms. The molecule has 6 heteroatoms. The third kappa shape index (κ3) is 1.71. The van der Waals surface area contributed by atoms with Crippen LogP contribution in [0.25, 0.3) is 10.2 Å². The Labute approximate surface area is 92.5 Å². The first kappa shape index (κ1) is 10.2. The molecule has 2 nitrogen and oxygen atoms in total. The number of fused-ring (bicyclic) bond motifs is 1. The number of halogens is 3. The molecule has 0 saturated carbocycles. The van der Waals surface area contributed by atoms with E-state index in [0.717, 1.165) is 14.0 Å². The molecule has 0 fully saturated rings. The van der Waals surface area contributed by atoms with Gasteiger partial charge in [-0.15, -0.1) is 23.7 Å². The van der Waals surface area contributed by atoms with Crippen LogP contribution >= 0.6 is 51.3 Å². The summed E-state index contributed by atoms with van der Waals surface area (Å²) in [5, 5.41) is 0.519. The summed E-state index contributed by atoms with van der Waals surface area (Å²) in [6, 6.07) is 1.92. The van der Waals surface area contributed by atoms with Gasteiger partial charge in [-0.05, 0) is 22.0 Å². The molecule has 0 saturated heterocycles. The van der Waals surface area contributed by atoms with Crippen molar-refractivity contribution >= 4 is 61.5 Å². The molecule has 0 unspecified atom stereocenters. The highest BCUT2D eigenvalue weighted by Crippen LogP contribution is 2.31. The van der Waals surface area contributed by atoms with Gasteiger partial charge in [-0.25, -0.2) is 9.97 Å². The summed E-state index contributed by atoms with van der Waals surface area (Å²) in [5.74, 6) is 0. The van der Waals surface area contributed by atoms with Gasteiger partial charge >= 0.3 is 0 Å². The van der Waals surface area contributed by atoms with Crippen LogP contribution in [-0.2, 0) is 0 Å². The minimum Gasteiger partial charge on any atom is -0.235 e. The predicted molar refractivity (Wildman–Crippen MR) is 57.4 cm³/mol. The van der Waals surface area contributed by atoms with Crippen molar-refractivity contribution in [3.8, 4) is 0 Å². The predicted octanol–water partition coefficient (Wildman–Crippen LogP) is 3.53. The molecule has 0 N–H and O–H groups in total. The molecule has 2 rings (SSSR count). The molecule has 0 aromatic carbocycles. The maximum atomic E-state index is 5.81.